The third-order valence-electron chi connectivity index (χ3n) is 1.71. The molecule has 0 saturated carbocycles. The minimum Gasteiger partial charge on any atom is -0.469 e. The Morgan fingerprint density at radius 2 is 1.82 bits per heavy atom. The SMILES string of the molecule is C=C(C)C(=O)OC.CCSC[C@H](C)C(=O)OC. The van der Waals surface area contributed by atoms with Crippen molar-refractivity contribution in [2.45, 2.75) is 20.8 Å². The van der Waals surface area contributed by atoms with Crippen molar-refractivity contribution in [3.63, 3.8) is 0 Å². The standard InChI is InChI=1S/C7H14O2S.C5H8O2/c1-4-10-5-6(2)7(8)9-3;1-4(2)5(6)7-3/h6H,4-5H2,1-3H3;1H2,2-3H3/t6-;/m0./s1. The molecule has 0 amide bonds. The third-order valence-corrected chi connectivity index (χ3v) is 2.85. The number of hydrogen-bond acceptors (Lipinski definition) is 5. The van der Waals surface area contributed by atoms with Crippen molar-refractivity contribution >= 4 is 23.7 Å². The summed E-state index contributed by atoms with van der Waals surface area (Å²) < 4.78 is 8.83. The Labute approximate surface area is 108 Å². The summed E-state index contributed by atoms with van der Waals surface area (Å²) in [5, 5.41) is 0. The Morgan fingerprint density at radius 3 is 2.06 bits per heavy atom. The number of esters is 2. The fourth-order valence-corrected chi connectivity index (χ4v) is 1.46. The molecule has 5 heteroatoms. The molecule has 0 fully saturated rings. The van der Waals surface area contributed by atoms with Gasteiger partial charge in [-0.05, 0) is 12.7 Å². The van der Waals surface area contributed by atoms with Gasteiger partial charge in [-0.3, -0.25) is 4.79 Å². The van der Waals surface area contributed by atoms with Gasteiger partial charge < -0.3 is 9.47 Å². The molecule has 0 bridgehead atoms. The van der Waals surface area contributed by atoms with Crippen LogP contribution in [-0.4, -0.2) is 37.7 Å². The Hall–Kier alpha value is -0.970. The topological polar surface area (TPSA) is 52.6 Å². The number of thioether (sulfide) groups is 1. The summed E-state index contributed by atoms with van der Waals surface area (Å²) >= 11 is 1.76. The minimum atomic E-state index is -0.347. The zero-order valence-electron chi connectivity index (χ0n) is 11.2. The summed E-state index contributed by atoms with van der Waals surface area (Å²) in [6, 6.07) is 0. The first-order valence-corrected chi connectivity index (χ1v) is 6.45. The number of ether oxygens (including phenoxy) is 2. The van der Waals surface area contributed by atoms with Gasteiger partial charge in [0.2, 0.25) is 0 Å². The summed E-state index contributed by atoms with van der Waals surface area (Å²) in [4.78, 5) is 21.0. The molecule has 0 aromatic heterocycles. The first-order chi connectivity index (χ1) is 7.90. The van der Waals surface area contributed by atoms with Crippen molar-refractivity contribution in [3.8, 4) is 0 Å². The lowest BCUT2D eigenvalue weighted by Gasteiger charge is -2.06. The van der Waals surface area contributed by atoms with E-state index in [2.05, 4.69) is 23.0 Å². The molecule has 0 spiro atoms. The number of methoxy groups -OCH3 is 2. The van der Waals surface area contributed by atoms with Gasteiger partial charge in [-0.15, -0.1) is 0 Å². The Kier molecular flexibility index (Phi) is 12.5. The smallest absolute Gasteiger partial charge is 0.332 e. The average Bonchev–Trinajstić information content (AvgIpc) is 2.34. The number of rotatable bonds is 5. The minimum absolute atomic E-state index is 0.0370. The van der Waals surface area contributed by atoms with Gasteiger partial charge in [-0.25, -0.2) is 4.79 Å². The summed E-state index contributed by atoms with van der Waals surface area (Å²) in [6.45, 7) is 8.92. The molecule has 0 unspecified atom stereocenters. The number of hydrogen-bond donors (Lipinski definition) is 0. The second-order valence-electron chi connectivity index (χ2n) is 3.36. The molecule has 4 nitrogen and oxygen atoms in total. The molecule has 17 heavy (non-hydrogen) atoms. The first kappa shape index (κ1) is 18.4. The van der Waals surface area contributed by atoms with Gasteiger partial charge in [0, 0.05) is 11.3 Å². The maximum absolute atomic E-state index is 10.8. The maximum Gasteiger partial charge on any atom is 0.332 e. The van der Waals surface area contributed by atoms with Gasteiger partial charge in [0.25, 0.3) is 0 Å². The molecule has 0 N–H and O–H groups in total. The Bertz CT molecular complexity index is 251. The predicted molar refractivity (Wildman–Crippen MR) is 71.0 cm³/mol. The van der Waals surface area contributed by atoms with E-state index in [1.54, 1.807) is 18.7 Å². The largest absolute Gasteiger partial charge is 0.469 e. The van der Waals surface area contributed by atoms with E-state index in [1.807, 2.05) is 6.92 Å². The molecule has 0 aliphatic carbocycles. The van der Waals surface area contributed by atoms with Gasteiger partial charge in [-0.2, -0.15) is 11.8 Å². The van der Waals surface area contributed by atoms with E-state index in [0.717, 1.165) is 11.5 Å². The van der Waals surface area contributed by atoms with Crippen LogP contribution in [0.5, 0.6) is 0 Å². The van der Waals surface area contributed by atoms with Crippen LogP contribution < -0.4 is 0 Å². The highest BCUT2D eigenvalue weighted by molar-refractivity contribution is 7.99. The highest BCUT2D eigenvalue weighted by Gasteiger charge is 2.11. The van der Waals surface area contributed by atoms with Crippen molar-refractivity contribution in [1.82, 2.24) is 0 Å². The summed E-state index contributed by atoms with van der Waals surface area (Å²) in [5.41, 5.74) is 0.433. The summed E-state index contributed by atoms with van der Waals surface area (Å²) in [6.07, 6.45) is 0. The molecule has 1 atom stereocenters. The van der Waals surface area contributed by atoms with E-state index in [9.17, 15) is 9.59 Å². The van der Waals surface area contributed by atoms with E-state index in [1.165, 1.54) is 14.2 Å². The lowest BCUT2D eigenvalue weighted by Crippen LogP contribution is -2.14. The second-order valence-corrected chi connectivity index (χ2v) is 4.67. The van der Waals surface area contributed by atoms with Crippen LogP contribution in [0.1, 0.15) is 20.8 Å². The van der Waals surface area contributed by atoms with Crippen LogP contribution in [-0.2, 0) is 19.1 Å². The van der Waals surface area contributed by atoms with Gasteiger partial charge in [0.1, 0.15) is 0 Å². The number of carbonyl (C=O) groups is 2. The first-order valence-electron chi connectivity index (χ1n) is 5.30. The zero-order valence-corrected chi connectivity index (χ0v) is 12.1. The van der Waals surface area contributed by atoms with Crippen LogP contribution >= 0.6 is 11.8 Å². The van der Waals surface area contributed by atoms with Crippen LogP contribution in [0, 0.1) is 5.92 Å². The van der Waals surface area contributed by atoms with Crippen LogP contribution in [0.3, 0.4) is 0 Å². The summed E-state index contributed by atoms with van der Waals surface area (Å²) in [7, 11) is 2.76. The molecule has 100 valence electrons. The molecule has 0 heterocycles. The van der Waals surface area contributed by atoms with Crippen LogP contribution in [0.4, 0.5) is 0 Å². The lowest BCUT2D eigenvalue weighted by atomic mass is 10.2. The van der Waals surface area contributed by atoms with Gasteiger partial charge in [0.05, 0.1) is 20.1 Å². The highest BCUT2D eigenvalue weighted by Crippen LogP contribution is 2.08. The van der Waals surface area contributed by atoms with Gasteiger partial charge >= 0.3 is 11.9 Å². The van der Waals surface area contributed by atoms with Gasteiger partial charge in [-0.1, -0.05) is 20.4 Å². The molecule has 0 aromatic rings. The third kappa shape index (κ3) is 11.3. The van der Waals surface area contributed by atoms with E-state index in [0.29, 0.717) is 5.57 Å². The summed E-state index contributed by atoms with van der Waals surface area (Å²) in [5.74, 6) is 1.50. The van der Waals surface area contributed by atoms with E-state index in [4.69, 9.17) is 0 Å². The molecule has 0 aromatic carbocycles. The average molecular weight is 262 g/mol. The fraction of sp³-hybridized carbons (Fsp3) is 0.667. The number of carbonyl (C=O) groups excluding carboxylic acids is 2. The van der Waals surface area contributed by atoms with Crippen molar-refractivity contribution in [2.24, 2.45) is 5.92 Å². The molecular weight excluding hydrogens is 240 g/mol. The van der Waals surface area contributed by atoms with Crippen LogP contribution in [0.15, 0.2) is 12.2 Å². The lowest BCUT2D eigenvalue weighted by molar-refractivity contribution is -0.144. The quantitative estimate of drug-likeness (QED) is 0.562. The zero-order chi connectivity index (χ0) is 13.8. The van der Waals surface area contributed by atoms with E-state index < -0.39 is 0 Å². The molecule has 0 rings (SSSR count). The van der Waals surface area contributed by atoms with Crippen molar-refractivity contribution < 1.29 is 19.1 Å². The second kappa shape index (κ2) is 11.5. The van der Waals surface area contributed by atoms with Crippen molar-refractivity contribution in [2.75, 3.05) is 25.7 Å². The Balaban J connectivity index is 0. The van der Waals surface area contributed by atoms with Crippen molar-refractivity contribution in [3.05, 3.63) is 12.2 Å². The van der Waals surface area contributed by atoms with E-state index in [-0.39, 0.29) is 17.9 Å². The van der Waals surface area contributed by atoms with Gasteiger partial charge in [0.15, 0.2) is 0 Å². The fourth-order valence-electron chi connectivity index (χ4n) is 0.738. The van der Waals surface area contributed by atoms with Crippen molar-refractivity contribution in [1.29, 1.82) is 0 Å². The van der Waals surface area contributed by atoms with Crippen LogP contribution in [0.25, 0.3) is 0 Å². The highest BCUT2D eigenvalue weighted by atomic mass is 32.2. The maximum atomic E-state index is 10.8. The molecule has 0 aliphatic rings. The molecular formula is C12H22O4S. The normalized spacial score (nSPS) is 10.6. The predicted octanol–water partition coefficient (Wildman–Crippen LogP) is 2.28. The Morgan fingerprint density at radius 1 is 1.29 bits per heavy atom. The molecule has 0 saturated heterocycles. The van der Waals surface area contributed by atoms with E-state index >= 15 is 0 Å². The molecule has 0 radical (unpaired) electrons. The monoisotopic (exact) mass is 262 g/mol. The van der Waals surface area contributed by atoms with Crippen LogP contribution in [0.2, 0.25) is 0 Å². The molecule has 0 aliphatic heterocycles.